The second-order valence-corrected chi connectivity index (χ2v) is 3.86. The minimum Gasteiger partial charge on any atom is -0.294 e. The number of hydrogen-bond donors (Lipinski definition) is 0. The van der Waals surface area contributed by atoms with Gasteiger partial charge in [0.05, 0.1) is 5.03 Å². The summed E-state index contributed by atoms with van der Waals surface area (Å²) < 4.78 is 13.5. The highest BCUT2D eigenvalue weighted by molar-refractivity contribution is 6.31. The Hall–Kier alpha value is -0.890. The van der Waals surface area contributed by atoms with Gasteiger partial charge in [0.1, 0.15) is 5.83 Å². The number of carbonyl (C=O) groups is 1. The first-order valence-electron chi connectivity index (χ1n) is 5.40. The SMILES string of the molecule is C\C=C(Cl)/C(F)=C\C(C(=O)CC)=C(/C)CC. The fraction of sp³-hybridized carbons (Fsp3) is 0.462. The fourth-order valence-electron chi connectivity index (χ4n) is 1.16. The Morgan fingerprint density at radius 2 is 1.88 bits per heavy atom. The molecule has 0 aromatic carbocycles. The van der Waals surface area contributed by atoms with Crippen molar-refractivity contribution in [1.82, 2.24) is 0 Å². The quantitative estimate of drug-likeness (QED) is 0.507. The Morgan fingerprint density at radius 3 is 2.25 bits per heavy atom. The third-order valence-electron chi connectivity index (χ3n) is 2.36. The summed E-state index contributed by atoms with van der Waals surface area (Å²) >= 11 is 5.64. The molecule has 0 aliphatic carbocycles. The van der Waals surface area contributed by atoms with Crippen molar-refractivity contribution in [3.8, 4) is 0 Å². The lowest BCUT2D eigenvalue weighted by atomic mass is 10.0. The molecule has 1 nitrogen and oxygen atoms in total. The lowest BCUT2D eigenvalue weighted by molar-refractivity contribution is -0.115. The number of allylic oxidation sites excluding steroid dienone is 6. The summed E-state index contributed by atoms with van der Waals surface area (Å²) in [7, 11) is 0. The van der Waals surface area contributed by atoms with Gasteiger partial charge in [0.2, 0.25) is 0 Å². The topological polar surface area (TPSA) is 17.1 Å². The zero-order valence-corrected chi connectivity index (χ0v) is 11.0. The normalized spacial score (nSPS) is 14.9. The first kappa shape index (κ1) is 15.1. The van der Waals surface area contributed by atoms with Gasteiger partial charge in [-0.1, -0.05) is 37.1 Å². The van der Waals surface area contributed by atoms with Crippen molar-refractivity contribution in [2.24, 2.45) is 0 Å². The van der Waals surface area contributed by atoms with E-state index >= 15 is 0 Å². The molecule has 0 aromatic heterocycles. The summed E-state index contributed by atoms with van der Waals surface area (Å²) in [5.74, 6) is -0.621. The van der Waals surface area contributed by atoms with Gasteiger partial charge in [-0.3, -0.25) is 4.79 Å². The molecule has 0 atom stereocenters. The Morgan fingerprint density at radius 1 is 1.31 bits per heavy atom. The van der Waals surface area contributed by atoms with E-state index in [9.17, 15) is 9.18 Å². The molecule has 3 heteroatoms. The summed E-state index contributed by atoms with van der Waals surface area (Å²) in [5.41, 5.74) is 1.31. The average molecular weight is 245 g/mol. The smallest absolute Gasteiger partial charge is 0.162 e. The van der Waals surface area contributed by atoms with Crippen LogP contribution in [-0.4, -0.2) is 5.78 Å². The Balaban J connectivity index is 5.34. The molecule has 0 bridgehead atoms. The van der Waals surface area contributed by atoms with E-state index in [1.807, 2.05) is 13.8 Å². The molecule has 0 heterocycles. The highest BCUT2D eigenvalue weighted by Gasteiger charge is 2.10. The second kappa shape index (κ2) is 7.39. The number of ketones is 1. The van der Waals surface area contributed by atoms with Gasteiger partial charge in [0.15, 0.2) is 5.78 Å². The molecule has 0 unspecified atom stereocenters. The molecule has 90 valence electrons. The van der Waals surface area contributed by atoms with E-state index in [-0.39, 0.29) is 10.8 Å². The van der Waals surface area contributed by atoms with Crippen LogP contribution < -0.4 is 0 Å². The molecular weight excluding hydrogens is 227 g/mol. The predicted octanol–water partition coefficient (Wildman–Crippen LogP) is 4.69. The van der Waals surface area contributed by atoms with Gasteiger partial charge in [-0.2, -0.15) is 0 Å². The van der Waals surface area contributed by atoms with Crippen LogP contribution in [0.4, 0.5) is 4.39 Å². The average Bonchev–Trinajstić information content (AvgIpc) is 2.32. The standard InChI is InChI=1S/C13H18ClFO/c1-5-9(4)10(13(16)7-3)8-12(15)11(14)6-2/h6,8H,5,7H2,1-4H3/b10-9-,11-6+,12-8+. The predicted molar refractivity (Wildman–Crippen MR) is 67.1 cm³/mol. The lowest BCUT2D eigenvalue weighted by Crippen LogP contribution is -2.01. The molecule has 0 spiro atoms. The fourth-order valence-corrected chi connectivity index (χ4v) is 1.21. The minimum absolute atomic E-state index is 0.0327. The Bertz CT molecular complexity index is 351. The molecule has 0 rings (SSSR count). The van der Waals surface area contributed by atoms with E-state index < -0.39 is 5.83 Å². The van der Waals surface area contributed by atoms with Crippen LogP contribution in [0.5, 0.6) is 0 Å². The molecule has 16 heavy (non-hydrogen) atoms. The van der Waals surface area contributed by atoms with Crippen molar-refractivity contribution in [3.63, 3.8) is 0 Å². The first-order chi connectivity index (χ1) is 7.47. The van der Waals surface area contributed by atoms with E-state index in [4.69, 9.17) is 11.6 Å². The van der Waals surface area contributed by atoms with Gasteiger partial charge in [-0.25, -0.2) is 4.39 Å². The number of rotatable bonds is 5. The molecule has 0 aromatic rings. The molecule has 0 radical (unpaired) electrons. The van der Waals surface area contributed by atoms with Gasteiger partial charge >= 0.3 is 0 Å². The van der Waals surface area contributed by atoms with Crippen LogP contribution in [0.3, 0.4) is 0 Å². The lowest BCUT2D eigenvalue weighted by Gasteiger charge is -2.05. The van der Waals surface area contributed by atoms with E-state index in [0.29, 0.717) is 12.0 Å². The number of hydrogen-bond acceptors (Lipinski definition) is 1. The number of halogens is 2. The van der Waals surface area contributed by atoms with E-state index in [1.165, 1.54) is 12.2 Å². The Labute approximate surface area is 102 Å². The van der Waals surface area contributed by atoms with Crippen molar-refractivity contribution in [3.05, 3.63) is 34.2 Å². The zero-order chi connectivity index (χ0) is 12.7. The maximum atomic E-state index is 13.5. The van der Waals surface area contributed by atoms with Crippen molar-refractivity contribution < 1.29 is 9.18 Å². The van der Waals surface area contributed by atoms with Gasteiger partial charge in [-0.15, -0.1) is 0 Å². The van der Waals surface area contributed by atoms with Gasteiger partial charge in [-0.05, 0) is 26.3 Å². The summed E-state index contributed by atoms with van der Waals surface area (Å²) in [6.45, 7) is 7.17. The highest BCUT2D eigenvalue weighted by Crippen LogP contribution is 2.21. The molecule has 0 amide bonds. The van der Waals surface area contributed by atoms with Crippen molar-refractivity contribution in [2.45, 2.75) is 40.5 Å². The van der Waals surface area contributed by atoms with Gasteiger partial charge in [0, 0.05) is 12.0 Å². The van der Waals surface area contributed by atoms with Gasteiger partial charge in [0.25, 0.3) is 0 Å². The molecular formula is C13H18ClFO. The summed E-state index contributed by atoms with van der Waals surface area (Å²) in [6, 6.07) is 0. The van der Waals surface area contributed by atoms with E-state index in [0.717, 1.165) is 12.0 Å². The molecule has 0 saturated carbocycles. The molecule has 0 N–H and O–H groups in total. The maximum Gasteiger partial charge on any atom is 0.162 e. The highest BCUT2D eigenvalue weighted by atomic mass is 35.5. The van der Waals surface area contributed by atoms with Crippen LogP contribution in [0, 0.1) is 0 Å². The van der Waals surface area contributed by atoms with Gasteiger partial charge < -0.3 is 0 Å². The van der Waals surface area contributed by atoms with Crippen molar-refractivity contribution in [1.29, 1.82) is 0 Å². The van der Waals surface area contributed by atoms with Crippen LogP contribution in [0.15, 0.2) is 34.2 Å². The van der Waals surface area contributed by atoms with E-state index in [1.54, 1.807) is 13.8 Å². The van der Waals surface area contributed by atoms with Crippen LogP contribution in [0.2, 0.25) is 0 Å². The summed E-state index contributed by atoms with van der Waals surface area (Å²) in [4.78, 5) is 11.6. The molecule has 0 aliphatic heterocycles. The van der Waals surface area contributed by atoms with E-state index in [2.05, 4.69) is 0 Å². The number of Topliss-reactive ketones (excluding diaryl/α,β-unsaturated/α-hetero) is 1. The minimum atomic E-state index is -0.561. The largest absolute Gasteiger partial charge is 0.294 e. The first-order valence-corrected chi connectivity index (χ1v) is 5.77. The van der Waals surface area contributed by atoms with Crippen LogP contribution >= 0.6 is 11.6 Å². The van der Waals surface area contributed by atoms with Crippen LogP contribution in [0.1, 0.15) is 40.5 Å². The van der Waals surface area contributed by atoms with Crippen molar-refractivity contribution >= 4 is 17.4 Å². The summed E-state index contributed by atoms with van der Waals surface area (Å²) in [5, 5.41) is 0.0327. The monoisotopic (exact) mass is 244 g/mol. The van der Waals surface area contributed by atoms with Crippen LogP contribution in [0.25, 0.3) is 0 Å². The third-order valence-corrected chi connectivity index (χ3v) is 2.76. The second-order valence-electron chi connectivity index (χ2n) is 3.45. The maximum absolute atomic E-state index is 13.5. The summed E-state index contributed by atoms with van der Waals surface area (Å²) in [6.07, 6.45) is 3.78. The van der Waals surface area contributed by atoms with Crippen LogP contribution in [-0.2, 0) is 4.79 Å². The third kappa shape index (κ3) is 4.31. The molecule has 0 saturated heterocycles. The zero-order valence-electron chi connectivity index (χ0n) is 10.2. The van der Waals surface area contributed by atoms with Crippen molar-refractivity contribution in [2.75, 3.05) is 0 Å². The Kier molecular flexibility index (Phi) is 6.98. The number of carbonyl (C=O) groups excluding carboxylic acids is 1. The molecule has 0 aliphatic rings. The molecule has 0 fully saturated rings.